The Morgan fingerprint density at radius 3 is 2.38 bits per heavy atom. The summed E-state index contributed by atoms with van der Waals surface area (Å²) in [5, 5.41) is 5.52. The van der Waals surface area contributed by atoms with Crippen molar-refractivity contribution in [1.29, 1.82) is 0 Å². The lowest BCUT2D eigenvalue weighted by Crippen LogP contribution is -2.51. The number of carbonyl (C=O) groups excluding carboxylic acids is 1. The Bertz CT molecular complexity index is 987. The lowest BCUT2D eigenvalue weighted by atomic mass is 9.95. The van der Waals surface area contributed by atoms with E-state index in [0.717, 1.165) is 43.9 Å². The zero-order valence-corrected chi connectivity index (χ0v) is 20.6. The first-order valence-electron chi connectivity index (χ1n) is 11.5. The van der Waals surface area contributed by atoms with Crippen molar-refractivity contribution in [3.05, 3.63) is 34.1 Å². The van der Waals surface area contributed by atoms with Crippen LogP contribution < -0.4 is 0 Å². The van der Waals surface area contributed by atoms with E-state index in [1.54, 1.807) is 0 Å². The fourth-order valence-electron chi connectivity index (χ4n) is 4.76. The van der Waals surface area contributed by atoms with Gasteiger partial charge in [-0.2, -0.15) is 5.10 Å². The van der Waals surface area contributed by atoms with E-state index < -0.39 is 0 Å². The smallest absolute Gasteiger partial charge is 0.225 e. The van der Waals surface area contributed by atoms with Crippen LogP contribution in [0, 0.1) is 10.7 Å². The predicted molar refractivity (Wildman–Crippen MR) is 128 cm³/mol. The molecule has 0 N–H and O–H groups in total. The van der Waals surface area contributed by atoms with Crippen LogP contribution in [0.25, 0.3) is 11.4 Å². The highest BCUT2D eigenvalue weighted by atomic mass is 35.5. The van der Waals surface area contributed by atoms with Gasteiger partial charge in [-0.25, -0.2) is 4.68 Å². The highest BCUT2D eigenvalue weighted by Gasteiger charge is 2.32. The van der Waals surface area contributed by atoms with Gasteiger partial charge < -0.3 is 14.2 Å². The van der Waals surface area contributed by atoms with E-state index >= 15 is 0 Å². The maximum atomic E-state index is 13.0. The first kappa shape index (κ1) is 23.4. The summed E-state index contributed by atoms with van der Waals surface area (Å²) in [5.41, 5.74) is 0.999. The summed E-state index contributed by atoms with van der Waals surface area (Å²) < 4.78 is 10.4. The number of carbonyl (C=O) groups is 1. The molecule has 1 amide bonds. The van der Waals surface area contributed by atoms with E-state index in [9.17, 15) is 4.79 Å². The molecule has 2 aromatic rings. The predicted octanol–water partition coefficient (Wildman–Crippen LogP) is 4.06. The van der Waals surface area contributed by atoms with Crippen molar-refractivity contribution in [2.45, 2.75) is 59.0 Å². The molecule has 2 fully saturated rings. The molecule has 32 heavy (non-hydrogen) atoms. The Kier molecular flexibility index (Phi) is 7.34. The third kappa shape index (κ3) is 5.09. The lowest BCUT2D eigenvalue weighted by Gasteiger charge is -2.39. The van der Waals surface area contributed by atoms with E-state index in [2.05, 4.69) is 16.4 Å². The monoisotopic (exact) mass is 477 g/mol. The van der Waals surface area contributed by atoms with E-state index in [0.29, 0.717) is 29.6 Å². The van der Waals surface area contributed by atoms with E-state index in [-0.39, 0.29) is 24.0 Å². The molecule has 0 saturated carbocycles. The van der Waals surface area contributed by atoms with Gasteiger partial charge in [0, 0.05) is 49.2 Å². The highest BCUT2D eigenvalue weighted by Crippen LogP contribution is 2.24. The van der Waals surface area contributed by atoms with Crippen molar-refractivity contribution in [3.63, 3.8) is 0 Å². The Morgan fingerprint density at radius 1 is 1.16 bits per heavy atom. The third-order valence-corrected chi connectivity index (χ3v) is 7.03. The van der Waals surface area contributed by atoms with Crippen molar-refractivity contribution >= 4 is 29.7 Å². The molecule has 9 heteroatoms. The number of hydrogen-bond acceptors (Lipinski definition) is 5. The molecular formula is C23H32ClN5O2S. The zero-order valence-electron chi connectivity index (χ0n) is 19.0. The van der Waals surface area contributed by atoms with Gasteiger partial charge in [-0.05, 0) is 70.1 Å². The molecule has 0 aliphatic carbocycles. The maximum Gasteiger partial charge on any atom is 0.225 e. The second kappa shape index (κ2) is 10.0. The lowest BCUT2D eigenvalue weighted by molar-refractivity contribution is -0.149. The largest absolute Gasteiger partial charge is 0.372 e. The van der Waals surface area contributed by atoms with Gasteiger partial charge in [-0.3, -0.25) is 9.69 Å². The molecule has 0 spiro atoms. The summed E-state index contributed by atoms with van der Waals surface area (Å²) in [6, 6.07) is 7.69. The fourth-order valence-corrected chi connectivity index (χ4v) is 5.20. The Hall–Kier alpha value is -1.74. The molecule has 0 unspecified atom stereocenters. The summed E-state index contributed by atoms with van der Waals surface area (Å²) in [7, 11) is 0. The molecule has 0 radical (unpaired) electrons. The summed E-state index contributed by atoms with van der Waals surface area (Å²) in [6.45, 7) is 10.7. The SMILES string of the molecule is CCn1c(-c2ccc(Cl)cc2)nn(CN2CCC(C(=O)N3C[C@@H](C)O[C@@H](C)C3)CC2)c1=S. The number of piperidine rings is 1. The number of aromatic nitrogens is 3. The molecule has 2 aliphatic heterocycles. The molecule has 2 atom stereocenters. The zero-order chi connectivity index (χ0) is 22.8. The quantitative estimate of drug-likeness (QED) is 0.608. The highest BCUT2D eigenvalue weighted by molar-refractivity contribution is 7.71. The van der Waals surface area contributed by atoms with Gasteiger partial charge in [-0.15, -0.1) is 0 Å². The molecule has 4 rings (SSSR count). The van der Waals surface area contributed by atoms with Crippen LogP contribution >= 0.6 is 23.8 Å². The van der Waals surface area contributed by atoms with Crippen LogP contribution in [0.4, 0.5) is 0 Å². The van der Waals surface area contributed by atoms with Gasteiger partial charge in [0.2, 0.25) is 5.91 Å². The number of amides is 1. The Labute approximate surface area is 199 Å². The van der Waals surface area contributed by atoms with Crippen LogP contribution in [-0.2, 0) is 22.7 Å². The average Bonchev–Trinajstić information content (AvgIpc) is 3.08. The normalized spacial score (nSPS) is 22.9. The second-order valence-corrected chi connectivity index (χ2v) is 9.69. The second-order valence-electron chi connectivity index (χ2n) is 8.89. The molecule has 1 aromatic carbocycles. The molecular weight excluding hydrogens is 446 g/mol. The summed E-state index contributed by atoms with van der Waals surface area (Å²) in [4.78, 5) is 17.4. The topological polar surface area (TPSA) is 55.5 Å². The molecule has 0 bridgehead atoms. The number of halogens is 1. The van der Waals surface area contributed by atoms with Gasteiger partial charge >= 0.3 is 0 Å². The first-order valence-corrected chi connectivity index (χ1v) is 12.2. The molecule has 2 saturated heterocycles. The van der Waals surface area contributed by atoms with Gasteiger partial charge in [0.25, 0.3) is 0 Å². The van der Waals surface area contributed by atoms with Crippen molar-refractivity contribution in [3.8, 4) is 11.4 Å². The molecule has 2 aliphatic rings. The van der Waals surface area contributed by atoms with Crippen LogP contribution in [-0.4, -0.2) is 68.4 Å². The minimum atomic E-state index is 0.0922. The van der Waals surface area contributed by atoms with Crippen LogP contribution in [0.2, 0.25) is 5.02 Å². The summed E-state index contributed by atoms with van der Waals surface area (Å²) in [6.07, 6.45) is 1.94. The number of likely N-dealkylation sites (tertiary alicyclic amines) is 1. The minimum absolute atomic E-state index is 0.0922. The van der Waals surface area contributed by atoms with Gasteiger partial charge in [0.05, 0.1) is 18.9 Å². The van der Waals surface area contributed by atoms with Crippen molar-refractivity contribution in [1.82, 2.24) is 24.1 Å². The number of nitrogens with zero attached hydrogens (tertiary/aromatic N) is 5. The maximum absolute atomic E-state index is 13.0. The summed E-state index contributed by atoms with van der Waals surface area (Å²) >= 11 is 11.8. The van der Waals surface area contributed by atoms with E-state index in [4.69, 9.17) is 33.7 Å². The standard InChI is InChI=1S/C23H32ClN5O2S/c1-4-28-21(18-5-7-20(24)8-6-18)25-29(23(28)32)15-26-11-9-19(10-12-26)22(30)27-13-16(2)31-17(3)14-27/h5-8,16-17,19H,4,9-15H2,1-3H3/t16-,17+. The molecule has 174 valence electrons. The number of morpholine rings is 1. The van der Waals surface area contributed by atoms with Gasteiger partial charge in [-0.1, -0.05) is 11.6 Å². The van der Waals surface area contributed by atoms with Crippen molar-refractivity contribution < 1.29 is 9.53 Å². The van der Waals surface area contributed by atoms with Crippen molar-refractivity contribution in [2.24, 2.45) is 5.92 Å². The Morgan fingerprint density at radius 2 is 1.78 bits per heavy atom. The minimum Gasteiger partial charge on any atom is -0.372 e. The fraction of sp³-hybridized carbons (Fsp3) is 0.609. The number of benzene rings is 1. The van der Waals surface area contributed by atoms with E-state index in [1.165, 1.54) is 0 Å². The average molecular weight is 478 g/mol. The van der Waals surface area contributed by atoms with E-state index in [1.807, 2.05) is 47.7 Å². The molecule has 7 nitrogen and oxygen atoms in total. The van der Waals surface area contributed by atoms with Gasteiger partial charge in [0.1, 0.15) is 0 Å². The summed E-state index contributed by atoms with van der Waals surface area (Å²) in [5.74, 6) is 1.23. The van der Waals surface area contributed by atoms with Crippen LogP contribution in [0.1, 0.15) is 33.6 Å². The number of ether oxygens (including phenoxy) is 1. The van der Waals surface area contributed by atoms with Crippen molar-refractivity contribution in [2.75, 3.05) is 26.2 Å². The molecule has 1 aromatic heterocycles. The van der Waals surface area contributed by atoms with Crippen LogP contribution in [0.3, 0.4) is 0 Å². The number of rotatable bonds is 5. The number of hydrogen-bond donors (Lipinski definition) is 0. The molecule has 3 heterocycles. The first-order chi connectivity index (χ1) is 15.4. The van der Waals surface area contributed by atoms with Crippen LogP contribution in [0.5, 0.6) is 0 Å². The van der Waals surface area contributed by atoms with Crippen LogP contribution in [0.15, 0.2) is 24.3 Å². The van der Waals surface area contributed by atoms with Gasteiger partial charge in [0.15, 0.2) is 10.6 Å². The Balaban J connectivity index is 1.39. The third-order valence-electron chi connectivity index (χ3n) is 6.34.